The van der Waals surface area contributed by atoms with Gasteiger partial charge in [0.15, 0.2) is 5.82 Å². The molecule has 0 spiro atoms. The summed E-state index contributed by atoms with van der Waals surface area (Å²) >= 11 is 0. The summed E-state index contributed by atoms with van der Waals surface area (Å²) in [6, 6.07) is 8.66. The molecule has 0 fully saturated rings. The summed E-state index contributed by atoms with van der Waals surface area (Å²) in [5.74, 6) is 0.964. The number of aromatic nitrogens is 2. The topological polar surface area (TPSA) is 40.7 Å². The molecule has 1 aromatic carbocycles. The molecular weight excluding hydrogens is 222 g/mol. The lowest BCUT2D eigenvalue weighted by molar-refractivity contribution is 0.959. The van der Waals surface area contributed by atoms with Crippen molar-refractivity contribution in [1.82, 2.24) is 10.2 Å². The van der Waals surface area contributed by atoms with E-state index in [0.29, 0.717) is 0 Å². The van der Waals surface area contributed by atoms with E-state index in [-0.39, 0.29) is 0 Å². The minimum atomic E-state index is 0.958. The molecule has 0 atom stereocenters. The maximum atomic E-state index is 4.34. The van der Waals surface area contributed by atoms with Crippen molar-refractivity contribution < 1.29 is 0 Å². The second kappa shape index (κ2) is 5.71. The van der Waals surface area contributed by atoms with Crippen molar-refractivity contribution in [2.75, 3.05) is 11.9 Å². The summed E-state index contributed by atoms with van der Waals surface area (Å²) < 4.78 is 0. The van der Waals surface area contributed by atoms with E-state index in [2.05, 4.69) is 60.6 Å². The Kier molecular flexibility index (Phi) is 4.03. The van der Waals surface area contributed by atoms with Crippen LogP contribution < -0.4 is 5.32 Å². The number of hydrogen-bond donors (Lipinski definition) is 2. The molecule has 0 bridgehead atoms. The fourth-order valence-corrected chi connectivity index (χ4v) is 2.00. The van der Waals surface area contributed by atoms with Gasteiger partial charge in [0.25, 0.3) is 0 Å². The lowest BCUT2D eigenvalue weighted by Gasteiger charge is -2.03. The third kappa shape index (κ3) is 2.55. The van der Waals surface area contributed by atoms with E-state index in [1.165, 1.54) is 16.7 Å². The molecule has 96 valence electrons. The number of nitrogens with zero attached hydrogens (tertiary/aromatic N) is 1. The number of aryl methyl sites for hydroxylation is 1. The van der Waals surface area contributed by atoms with Crippen LogP contribution in [0.1, 0.15) is 31.4 Å². The molecular formula is C15H21N3. The maximum Gasteiger partial charge on any atom is 0.151 e. The molecule has 18 heavy (non-hydrogen) atoms. The van der Waals surface area contributed by atoms with Crippen LogP contribution in [0.15, 0.2) is 24.3 Å². The Balaban J connectivity index is 2.24. The number of rotatable bonds is 5. The van der Waals surface area contributed by atoms with Crippen molar-refractivity contribution in [1.29, 1.82) is 0 Å². The third-order valence-electron chi connectivity index (χ3n) is 3.20. The molecule has 3 heteroatoms. The number of aromatic amines is 1. The highest BCUT2D eigenvalue weighted by Crippen LogP contribution is 2.26. The van der Waals surface area contributed by atoms with Gasteiger partial charge in [-0.3, -0.25) is 5.10 Å². The van der Waals surface area contributed by atoms with Crippen LogP contribution in [0, 0.1) is 6.92 Å². The van der Waals surface area contributed by atoms with Crippen LogP contribution in [0.25, 0.3) is 11.3 Å². The summed E-state index contributed by atoms with van der Waals surface area (Å²) in [5, 5.41) is 10.8. The fraction of sp³-hybridized carbons (Fsp3) is 0.400. The zero-order chi connectivity index (χ0) is 13.0. The van der Waals surface area contributed by atoms with Crippen LogP contribution in [0.5, 0.6) is 0 Å². The van der Waals surface area contributed by atoms with Gasteiger partial charge in [-0.2, -0.15) is 5.10 Å². The highest BCUT2D eigenvalue weighted by atomic mass is 15.2. The van der Waals surface area contributed by atoms with Gasteiger partial charge in [-0.1, -0.05) is 38.1 Å². The first-order valence-corrected chi connectivity index (χ1v) is 6.64. The van der Waals surface area contributed by atoms with Crippen LogP contribution in [-0.4, -0.2) is 16.7 Å². The number of H-pyrrole nitrogens is 1. The van der Waals surface area contributed by atoms with Crippen LogP contribution >= 0.6 is 0 Å². The summed E-state index contributed by atoms with van der Waals surface area (Å²) in [6.07, 6.45) is 2.18. The molecule has 0 aliphatic heterocycles. The van der Waals surface area contributed by atoms with Gasteiger partial charge >= 0.3 is 0 Å². The van der Waals surface area contributed by atoms with E-state index in [1.54, 1.807) is 0 Å². The van der Waals surface area contributed by atoms with Crippen molar-refractivity contribution in [2.45, 2.75) is 33.6 Å². The second-order valence-corrected chi connectivity index (χ2v) is 4.55. The first-order chi connectivity index (χ1) is 8.76. The Morgan fingerprint density at radius 1 is 1.17 bits per heavy atom. The smallest absolute Gasteiger partial charge is 0.151 e. The van der Waals surface area contributed by atoms with Crippen LogP contribution in [0.3, 0.4) is 0 Å². The third-order valence-corrected chi connectivity index (χ3v) is 3.20. The van der Waals surface area contributed by atoms with E-state index >= 15 is 0 Å². The average Bonchev–Trinajstić information content (AvgIpc) is 2.78. The quantitative estimate of drug-likeness (QED) is 0.839. The summed E-state index contributed by atoms with van der Waals surface area (Å²) in [6.45, 7) is 7.38. The molecule has 0 radical (unpaired) electrons. The lowest BCUT2D eigenvalue weighted by Crippen LogP contribution is -2.00. The lowest BCUT2D eigenvalue weighted by atomic mass is 10.1. The molecule has 1 aromatic heterocycles. The molecule has 2 rings (SSSR count). The highest BCUT2D eigenvalue weighted by Gasteiger charge is 2.09. The zero-order valence-corrected chi connectivity index (χ0v) is 11.4. The number of benzene rings is 1. The minimum Gasteiger partial charge on any atom is -0.368 e. The van der Waals surface area contributed by atoms with Crippen LogP contribution in [-0.2, 0) is 6.42 Å². The molecule has 1 heterocycles. The molecule has 0 saturated carbocycles. The van der Waals surface area contributed by atoms with E-state index < -0.39 is 0 Å². The molecule has 0 unspecified atom stereocenters. The monoisotopic (exact) mass is 243 g/mol. The number of hydrogen-bond acceptors (Lipinski definition) is 2. The van der Waals surface area contributed by atoms with Gasteiger partial charge in [0.1, 0.15) is 0 Å². The number of anilines is 1. The Bertz CT molecular complexity index is 497. The Hall–Kier alpha value is -1.77. The van der Waals surface area contributed by atoms with E-state index in [9.17, 15) is 0 Å². The van der Waals surface area contributed by atoms with Crippen molar-refractivity contribution in [2.24, 2.45) is 0 Å². The van der Waals surface area contributed by atoms with Gasteiger partial charge in [-0.05, 0) is 30.9 Å². The summed E-state index contributed by atoms with van der Waals surface area (Å²) in [4.78, 5) is 0. The zero-order valence-electron chi connectivity index (χ0n) is 11.4. The molecule has 2 N–H and O–H groups in total. The molecule has 0 aliphatic carbocycles. The molecule has 0 aliphatic rings. The predicted octanol–water partition coefficient (Wildman–Crippen LogP) is 3.77. The van der Waals surface area contributed by atoms with E-state index in [4.69, 9.17) is 0 Å². The van der Waals surface area contributed by atoms with Crippen molar-refractivity contribution >= 4 is 5.82 Å². The average molecular weight is 243 g/mol. The van der Waals surface area contributed by atoms with Gasteiger partial charge in [0.05, 0.1) is 5.69 Å². The van der Waals surface area contributed by atoms with Crippen molar-refractivity contribution in [3.63, 3.8) is 0 Å². The van der Waals surface area contributed by atoms with Crippen LogP contribution in [0.4, 0.5) is 5.82 Å². The van der Waals surface area contributed by atoms with Crippen molar-refractivity contribution in [3.8, 4) is 11.3 Å². The van der Waals surface area contributed by atoms with Gasteiger partial charge in [0, 0.05) is 12.1 Å². The van der Waals surface area contributed by atoms with E-state index in [1.807, 2.05) is 0 Å². The largest absolute Gasteiger partial charge is 0.368 e. The minimum absolute atomic E-state index is 0.958. The number of nitrogens with one attached hydrogen (secondary N) is 2. The SMILES string of the molecule is CCCNc1n[nH]c(-c2ccc(CC)cc2)c1C. The summed E-state index contributed by atoms with van der Waals surface area (Å²) in [5.41, 5.74) is 4.85. The van der Waals surface area contributed by atoms with Crippen LogP contribution in [0.2, 0.25) is 0 Å². The molecule has 0 amide bonds. The van der Waals surface area contributed by atoms with Gasteiger partial charge in [-0.25, -0.2) is 0 Å². The molecule has 2 aromatic rings. The summed E-state index contributed by atoms with van der Waals surface area (Å²) in [7, 11) is 0. The first-order valence-electron chi connectivity index (χ1n) is 6.64. The normalized spacial score (nSPS) is 10.6. The fourth-order valence-electron chi connectivity index (χ4n) is 2.00. The molecule has 0 saturated heterocycles. The highest BCUT2D eigenvalue weighted by molar-refractivity contribution is 5.68. The van der Waals surface area contributed by atoms with E-state index in [0.717, 1.165) is 30.9 Å². The second-order valence-electron chi connectivity index (χ2n) is 4.55. The van der Waals surface area contributed by atoms with Gasteiger partial charge < -0.3 is 5.32 Å². The Labute approximate surface area is 109 Å². The van der Waals surface area contributed by atoms with Gasteiger partial charge in [0.2, 0.25) is 0 Å². The van der Waals surface area contributed by atoms with Crippen molar-refractivity contribution in [3.05, 3.63) is 35.4 Å². The standard InChI is InChI=1S/C15H21N3/c1-4-10-16-15-11(3)14(17-18-15)13-8-6-12(5-2)7-9-13/h6-9H,4-5,10H2,1-3H3,(H2,16,17,18). The Morgan fingerprint density at radius 3 is 2.50 bits per heavy atom. The molecule has 3 nitrogen and oxygen atoms in total. The van der Waals surface area contributed by atoms with Gasteiger partial charge in [-0.15, -0.1) is 0 Å². The predicted molar refractivity (Wildman–Crippen MR) is 76.9 cm³/mol. The first kappa shape index (κ1) is 12.7. The Morgan fingerprint density at radius 2 is 1.89 bits per heavy atom. The maximum absolute atomic E-state index is 4.34.